The summed E-state index contributed by atoms with van der Waals surface area (Å²) < 4.78 is 50.9. The third kappa shape index (κ3) is 4.64. The van der Waals surface area contributed by atoms with E-state index in [1.54, 1.807) is 18.4 Å². The molecule has 0 unspecified atom stereocenters. The highest BCUT2D eigenvalue weighted by Gasteiger charge is 2.19. The number of benzene rings is 1. The fraction of sp³-hybridized carbons (Fsp3) is 0.188. The van der Waals surface area contributed by atoms with Crippen LogP contribution >= 0.6 is 23.4 Å². The summed E-state index contributed by atoms with van der Waals surface area (Å²) in [7, 11) is 0. The number of thioether (sulfide) groups is 1. The van der Waals surface area contributed by atoms with Gasteiger partial charge in [0.1, 0.15) is 29.7 Å². The first-order chi connectivity index (χ1) is 13.0. The Morgan fingerprint density at radius 3 is 2.85 bits per heavy atom. The topological polar surface area (TPSA) is 65.4 Å². The molecule has 0 N–H and O–H groups in total. The monoisotopic (exact) mass is 416 g/mol. The van der Waals surface area contributed by atoms with Crippen LogP contribution in [0.15, 0.2) is 45.0 Å². The second-order valence-electron chi connectivity index (χ2n) is 5.07. The summed E-state index contributed by atoms with van der Waals surface area (Å²) in [5, 5.41) is 11.2. The zero-order chi connectivity index (χ0) is 19.4. The SMILES string of the molecule is CSc1nnc(C(F)F)n1N=Cc1ccc(COc2ccc(F)c(Cl)c2)o1. The van der Waals surface area contributed by atoms with Crippen LogP contribution in [0.4, 0.5) is 13.2 Å². The molecule has 0 saturated carbocycles. The molecule has 0 bridgehead atoms. The Kier molecular flexibility index (Phi) is 6.07. The van der Waals surface area contributed by atoms with Crippen LogP contribution in [0.5, 0.6) is 5.75 Å². The van der Waals surface area contributed by atoms with Gasteiger partial charge in [-0.15, -0.1) is 10.2 Å². The van der Waals surface area contributed by atoms with Crippen molar-refractivity contribution in [1.29, 1.82) is 0 Å². The predicted molar refractivity (Wildman–Crippen MR) is 94.2 cm³/mol. The molecule has 142 valence electrons. The Balaban J connectivity index is 1.68. The maximum absolute atomic E-state index is 13.1. The Hall–Kier alpha value is -2.46. The van der Waals surface area contributed by atoms with Gasteiger partial charge in [0.25, 0.3) is 6.43 Å². The average Bonchev–Trinajstić information content (AvgIpc) is 3.27. The van der Waals surface area contributed by atoms with E-state index in [0.29, 0.717) is 17.3 Å². The number of hydrogen-bond acceptors (Lipinski definition) is 6. The van der Waals surface area contributed by atoms with Crippen LogP contribution in [0.25, 0.3) is 0 Å². The largest absolute Gasteiger partial charge is 0.486 e. The Labute approximate surface area is 161 Å². The molecule has 0 saturated heterocycles. The molecule has 3 rings (SSSR count). The van der Waals surface area contributed by atoms with Crippen molar-refractivity contribution in [1.82, 2.24) is 14.9 Å². The highest BCUT2D eigenvalue weighted by molar-refractivity contribution is 7.98. The van der Waals surface area contributed by atoms with Gasteiger partial charge in [0.2, 0.25) is 11.0 Å². The van der Waals surface area contributed by atoms with Gasteiger partial charge in [0, 0.05) is 6.07 Å². The Morgan fingerprint density at radius 1 is 1.33 bits per heavy atom. The van der Waals surface area contributed by atoms with Gasteiger partial charge in [0.15, 0.2) is 0 Å². The lowest BCUT2D eigenvalue weighted by molar-refractivity contribution is 0.135. The van der Waals surface area contributed by atoms with E-state index in [1.807, 2.05) is 0 Å². The summed E-state index contributed by atoms with van der Waals surface area (Å²) in [6.45, 7) is 0.0702. The average molecular weight is 417 g/mol. The van der Waals surface area contributed by atoms with Crippen molar-refractivity contribution in [2.24, 2.45) is 5.10 Å². The molecule has 27 heavy (non-hydrogen) atoms. The van der Waals surface area contributed by atoms with Crippen molar-refractivity contribution in [2.45, 2.75) is 18.2 Å². The highest BCUT2D eigenvalue weighted by Crippen LogP contribution is 2.23. The minimum absolute atomic E-state index is 0.0480. The predicted octanol–water partition coefficient (Wildman–Crippen LogP) is 4.78. The van der Waals surface area contributed by atoms with Crippen molar-refractivity contribution in [3.05, 3.63) is 58.5 Å². The molecule has 3 aromatic rings. The normalized spacial score (nSPS) is 11.6. The van der Waals surface area contributed by atoms with E-state index in [2.05, 4.69) is 15.3 Å². The molecule has 0 aliphatic rings. The molecule has 0 radical (unpaired) electrons. The Bertz CT molecular complexity index is 961. The van der Waals surface area contributed by atoms with Gasteiger partial charge in [-0.2, -0.15) is 9.78 Å². The first-order valence-electron chi connectivity index (χ1n) is 7.46. The quantitative estimate of drug-likeness (QED) is 0.409. The van der Waals surface area contributed by atoms with Crippen molar-refractivity contribution >= 4 is 29.6 Å². The minimum atomic E-state index is -2.81. The molecule has 0 aliphatic heterocycles. The van der Waals surface area contributed by atoms with E-state index >= 15 is 0 Å². The lowest BCUT2D eigenvalue weighted by Gasteiger charge is -2.04. The van der Waals surface area contributed by atoms with Gasteiger partial charge in [-0.3, -0.25) is 0 Å². The first kappa shape index (κ1) is 19.3. The zero-order valence-corrected chi connectivity index (χ0v) is 15.3. The molecule has 0 aliphatic carbocycles. The van der Waals surface area contributed by atoms with Gasteiger partial charge in [-0.1, -0.05) is 23.4 Å². The number of rotatable bonds is 7. The van der Waals surface area contributed by atoms with E-state index < -0.39 is 18.1 Å². The van der Waals surface area contributed by atoms with Crippen LogP contribution in [0.2, 0.25) is 5.02 Å². The van der Waals surface area contributed by atoms with Crippen LogP contribution in [-0.4, -0.2) is 27.3 Å². The van der Waals surface area contributed by atoms with Gasteiger partial charge < -0.3 is 9.15 Å². The van der Waals surface area contributed by atoms with Crippen LogP contribution in [0.3, 0.4) is 0 Å². The molecule has 6 nitrogen and oxygen atoms in total. The van der Waals surface area contributed by atoms with Gasteiger partial charge in [0.05, 0.1) is 11.2 Å². The van der Waals surface area contributed by atoms with Crippen LogP contribution in [0.1, 0.15) is 23.8 Å². The molecule has 2 aromatic heterocycles. The first-order valence-corrected chi connectivity index (χ1v) is 9.06. The summed E-state index contributed by atoms with van der Waals surface area (Å²) in [5.74, 6) is 0.0661. The second-order valence-corrected chi connectivity index (χ2v) is 6.25. The van der Waals surface area contributed by atoms with Gasteiger partial charge in [-0.25, -0.2) is 13.2 Å². The van der Waals surface area contributed by atoms with Crippen molar-refractivity contribution in [3.63, 3.8) is 0 Å². The minimum Gasteiger partial charge on any atom is -0.486 e. The number of halogens is 4. The molecular weight excluding hydrogens is 405 g/mol. The zero-order valence-electron chi connectivity index (χ0n) is 13.8. The highest BCUT2D eigenvalue weighted by atomic mass is 35.5. The van der Waals surface area contributed by atoms with Crippen LogP contribution < -0.4 is 4.74 Å². The molecule has 0 spiro atoms. The third-order valence-electron chi connectivity index (χ3n) is 3.27. The molecule has 11 heteroatoms. The number of nitrogens with zero attached hydrogens (tertiary/aromatic N) is 4. The van der Waals surface area contributed by atoms with Crippen molar-refractivity contribution in [3.8, 4) is 5.75 Å². The number of alkyl halides is 2. The summed E-state index contributed by atoms with van der Waals surface area (Å²) >= 11 is 6.82. The summed E-state index contributed by atoms with van der Waals surface area (Å²) in [5.41, 5.74) is 0. The van der Waals surface area contributed by atoms with Crippen LogP contribution in [0, 0.1) is 5.82 Å². The Morgan fingerprint density at radius 2 is 2.15 bits per heavy atom. The fourth-order valence-electron chi connectivity index (χ4n) is 2.03. The van der Waals surface area contributed by atoms with Crippen LogP contribution in [-0.2, 0) is 6.61 Å². The maximum atomic E-state index is 13.1. The molecule has 1 aromatic carbocycles. The van der Waals surface area contributed by atoms with Crippen molar-refractivity contribution < 1.29 is 22.3 Å². The number of aromatic nitrogens is 3. The molecule has 0 amide bonds. The maximum Gasteiger partial charge on any atom is 0.299 e. The summed E-state index contributed by atoms with van der Waals surface area (Å²) in [4.78, 5) is 0. The van der Waals surface area contributed by atoms with E-state index in [-0.39, 0.29) is 16.8 Å². The standard InChI is InChI=1S/C16H12ClF3N4O2S/c1-27-16-23-22-15(14(19)20)24(16)21-7-10-2-3-11(26-10)8-25-9-4-5-13(18)12(17)6-9/h2-7,14H,8H2,1H3. The number of furan rings is 1. The molecule has 2 heterocycles. The summed E-state index contributed by atoms with van der Waals surface area (Å²) in [6, 6.07) is 7.23. The van der Waals surface area contributed by atoms with Crippen molar-refractivity contribution in [2.75, 3.05) is 6.26 Å². The van der Waals surface area contributed by atoms with E-state index in [1.165, 1.54) is 24.4 Å². The third-order valence-corrected chi connectivity index (χ3v) is 4.18. The molecule has 0 atom stereocenters. The number of ether oxygens (including phenoxy) is 1. The smallest absolute Gasteiger partial charge is 0.299 e. The molecule has 0 fully saturated rings. The lowest BCUT2D eigenvalue weighted by atomic mass is 10.3. The summed E-state index contributed by atoms with van der Waals surface area (Å²) in [6.07, 6.45) is 0.140. The van der Waals surface area contributed by atoms with Gasteiger partial charge in [-0.05, 0) is 30.5 Å². The lowest BCUT2D eigenvalue weighted by Crippen LogP contribution is -2.00. The second kappa shape index (κ2) is 8.49. The van der Waals surface area contributed by atoms with E-state index in [9.17, 15) is 13.2 Å². The number of hydrogen-bond donors (Lipinski definition) is 0. The fourth-order valence-corrected chi connectivity index (χ4v) is 2.63. The molecular formula is C16H12ClF3N4O2S. The van der Waals surface area contributed by atoms with Gasteiger partial charge >= 0.3 is 0 Å². The van der Waals surface area contributed by atoms with E-state index in [0.717, 1.165) is 16.4 Å². The van der Waals surface area contributed by atoms with E-state index in [4.69, 9.17) is 20.8 Å².